The van der Waals surface area contributed by atoms with Crippen molar-refractivity contribution in [2.24, 2.45) is 0 Å². The van der Waals surface area contributed by atoms with Crippen LogP contribution in [0, 0.1) is 0 Å². The van der Waals surface area contributed by atoms with Gasteiger partial charge in [0.2, 0.25) is 5.95 Å². The summed E-state index contributed by atoms with van der Waals surface area (Å²) in [5.74, 6) is 1.58. The first-order valence-corrected chi connectivity index (χ1v) is 6.13. The monoisotopic (exact) mass is 257 g/mol. The van der Waals surface area contributed by atoms with Crippen molar-refractivity contribution < 1.29 is 0 Å². The molecule has 100 valence electrons. The zero-order chi connectivity index (χ0) is 13.8. The third kappa shape index (κ3) is 3.13. The van der Waals surface area contributed by atoms with Crippen molar-refractivity contribution in [3.8, 4) is 0 Å². The second kappa shape index (κ2) is 5.56. The fraction of sp³-hybridized carbons (Fsp3) is 0.286. The van der Waals surface area contributed by atoms with Crippen molar-refractivity contribution in [2.75, 3.05) is 36.7 Å². The molecule has 1 aromatic heterocycles. The molecule has 0 atom stereocenters. The molecule has 1 heterocycles. The van der Waals surface area contributed by atoms with Gasteiger partial charge in [-0.3, -0.25) is 0 Å². The number of nitrogens with zero attached hydrogens (tertiary/aromatic N) is 4. The Labute approximate surface area is 113 Å². The average molecular weight is 257 g/mol. The molecule has 0 aliphatic heterocycles. The number of para-hydroxylation sites is 1. The number of hydrogen-bond acceptors (Lipinski definition) is 5. The maximum atomic E-state index is 5.96. The molecular formula is C14H19N5. The number of rotatable bonds is 4. The molecule has 0 aliphatic rings. The Morgan fingerprint density at radius 1 is 1.11 bits per heavy atom. The van der Waals surface area contributed by atoms with E-state index in [-0.39, 0.29) is 0 Å². The topological polar surface area (TPSA) is 58.3 Å². The Morgan fingerprint density at radius 3 is 2.53 bits per heavy atom. The Kier molecular flexibility index (Phi) is 3.85. The molecule has 1 aromatic carbocycles. The van der Waals surface area contributed by atoms with Crippen molar-refractivity contribution in [1.29, 1.82) is 0 Å². The second-order valence-corrected chi connectivity index (χ2v) is 4.66. The number of benzene rings is 1. The SMILES string of the molecule is CN(C)c1nccc(N(C)Cc2ccccc2N)n1. The zero-order valence-corrected chi connectivity index (χ0v) is 11.5. The van der Waals surface area contributed by atoms with E-state index in [0.717, 1.165) is 23.6 Å². The molecule has 0 fully saturated rings. The zero-order valence-electron chi connectivity index (χ0n) is 11.5. The molecule has 0 saturated carbocycles. The van der Waals surface area contributed by atoms with Crippen LogP contribution in [0.15, 0.2) is 36.5 Å². The van der Waals surface area contributed by atoms with E-state index >= 15 is 0 Å². The van der Waals surface area contributed by atoms with E-state index in [1.807, 2.05) is 56.4 Å². The molecule has 5 heteroatoms. The lowest BCUT2D eigenvalue weighted by Gasteiger charge is -2.20. The van der Waals surface area contributed by atoms with E-state index in [9.17, 15) is 0 Å². The van der Waals surface area contributed by atoms with E-state index in [2.05, 4.69) is 14.9 Å². The van der Waals surface area contributed by atoms with Gasteiger partial charge in [0, 0.05) is 39.6 Å². The lowest BCUT2D eigenvalue weighted by atomic mass is 10.2. The Hall–Kier alpha value is -2.30. The van der Waals surface area contributed by atoms with Gasteiger partial charge in [0.05, 0.1) is 0 Å². The van der Waals surface area contributed by atoms with Crippen LogP contribution in [0.1, 0.15) is 5.56 Å². The maximum Gasteiger partial charge on any atom is 0.226 e. The van der Waals surface area contributed by atoms with E-state index in [1.165, 1.54) is 0 Å². The summed E-state index contributed by atoms with van der Waals surface area (Å²) < 4.78 is 0. The first-order valence-electron chi connectivity index (χ1n) is 6.13. The van der Waals surface area contributed by atoms with Crippen LogP contribution in [0.5, 0.6) is 0 Å². The molecule has 0 saturated heterocycles. The van der Waals surface area contributed by atoms with Crippen molar-refractivity contribution in [3.05, 3.63) is 42.1 Å². The lowest BCUT2D eigenvalue weighted by Crippen LogP contribution is -2.20. The van der Waals surface area contributed by atoms with Gasteiger partial charge in [0.25, 0.3) is 0 Å². The van der Waals surface area contributed by atoms with Gasteiger partial charge in [0.1, 0.15) is 5.82 Å². The van der Waals surface area contributed by atoms with Crippen molar-refractivity contribution >= 4 is 17.5 Å². The minimum Gasteiger partial charge on any atom is -0.398 e. The van der Waals surface area contributed by atoms with Crippen LogP contribution in [-0.2, 0) is 6.54 Å². The normalized spacial score (nSPS) is 10.3. The summed E-state index contributed by atoms with van der Waals surface area (Å²) >= 11 is 0. The smallest absolute Gasteiger partial charge is 0.226 e. The number of nitrogens with two attached hydrogens (primary N) is 1. The molecule has 0 aliphatic carbocycles. The highest BCUT2D eigenvalue weighted by molar-refractivity contribution is 5.50. The quantitative estimate of drug-likeness (QED) is 0.846. The first-order chi connectivity index (χ1) is 9.08. The number of aromatic nitrogens is 2. The maximum absolute atomic E-state index is 5.96. The van der Waals surface area contributed by atoms with Crippen LogP contribution in [0.2, 0.25) is 0 Å². The van der Waals surface area contributed by atoms with Crippen molar-refractivity contribution in [3.63, 3.8) is 0 Å². The minimum atomic E-state index is 0.699. The largest absolute Gasteiger partial charge is 0.398 e. The molecule has 0 spiro atoms. The van der Waals surface area contributed by atoms with Crippen LogP contribution in [0.4, 0.5) is 17.5 Å². The van der Waals surface area contributed by atoms with Gasteiger partial charge < -0.3 is 15.5 Å². The molecule has 0 amide bonds. The van der Waals surface area contributed by atoms with Crippen LogP contribution < -0.4 is 15.5 Å². The highest BCUT2D eigenvalue weighted by Gasteiger charge is 2.07. The number of hydrogen-bond donors (Lipinski definition) is 1. The van der Waals surface area contributed by atoms with Gasteiger partial charge in [-0.25, -0.2) is 4.98 Å². The summed E-state index contributed by atoms with van der Waals surface area (Å²) in [4.78, 5) is 12.6. The fourth-order valence-corrected chi connectivity index (χ4v) is 1.78. The minimum absolute atomic E-state index is 0.699. The molecule has 0 bridgehead atoms. The summed E-state index contributed by atoms with van der Waals surface area (Å²) in [5, 5.41) is 0. The second-order valence-electron chi connectivity index (χ2n) is 4.66. The van der Waals surface area contributed by atoms with Crippen molar-refractivity contribution in [1.82, 2.24) is 9.97 Å². The molecule has 2 rings (SSSR count). The van der Waals surface area contributed by atoms with Crippen LogP contribution >= 0.6 is 0 Å². The average Bonchev–Trinajstić information content (AvgIpc) is 2.41. The van der Waals surface area contributed by atoms with Gasteiger partial charge >= 0.3 is 0 Å². The summed E-state index contributed by atoms with van der Waals surface area (Å²) in [6.45, 7) is 0.719. The van der Waals surface area contributed by atoms with E-state index < -0.39 is 0 Å². The van der Waals surface area contributed by atoms with Crippen LogP contribution in [0.25, 0.3) is 0 Å². The molecule has 0 unspecified atom stereocenters. The van der Waals surface area contributed by atoms with Gasteiger partial charge in [-0.15, -0.1) is 0 Å². The summed E-state index contributed by atoms with van der Waals surface area (Å²) in [5.41, 5.74) is 7.85. The Balaban J connectivity index is 2.18. The summed E-state index contributed by atoms with van der Waals surface area (Å²) in [7, 11) is 5.84. The lowest BCUT2D eigenvalue weighted by molar-refractivity contribution is 0.882. The van der Waals surface area contributed by atoms with Crippen LogP contribution in [0.3, 0.4) is 0 Å². The Morgan fingerprint density at radius 2 is 1.84 bits per heavy atom. The molecule has 2 N–H and O–H groups in total. The standard InChI is InChI=1S/C14H19N5/c1-18(2)14-16-9-8-13(17-14)19(3)10-11-6-4-5-7-12(11)15/h4-9H,10,15H2,1-3H3. The Bertz CT molecular complexity index is 553. The third-order valence-corrected chi connectivity index (χ3v) is 2.88. The summed E-state index contributed by atoms with van der Waals surface area (Å²) in [6, 6.07) is 9.76. The predicted octanol–water partition coefficient (Wildman–Crippen LogP) is 1.76. The van der Waals surface area contributed by atoms with Gasteiger partial charge in [0.15, 0.2) is 0 Å². The molecular weight excluding hydrogens is 238 g/mol. The third-order valence-electron chi connectivity index (χ3n) is 2.88. The first kappa shape index (κ1) is 13.1. The van der Waals surface area contributed by atoms with Gasteiger partial charge in [-0.1, -0.05) is 18.2 Å². The highest BCUT2D eigenvalue weighted by Crippen LogP contribution is 2.18. The molecule has 19 heavy (non-hydrogen) atoms. The van der Waals surface area contributed by atoms with E-state index in [4.69, 9.17) is 5.73 Å². The summed E-state index contributed by atoms with van der Waals surface area (Å²) in [6.07, 6.45) is 1.77. The fourth-order valence-electron chi connectivity index (χ4n) is 1.78. The molecule has 2 aromatic rings. The molecule has 5 nitrogen and oxygen atoms in total. The van der Waals surface area contributed by atoms with Gasteiger partial charge in [-0.05, 0) is 17.7 Å². The van der Waals surface area contributed by atoms with Crippen molar-refractivity contribution in [2.45, 2.75) is 6.54 Å². The predicted molar refractivity (Wildman–Crippen MR) is 79.3 cm³/mol. The highest BCUT2D eigenvalue weighted by atomic mass is 15.3. The van der Waals surface area contributed by atoms with E-state index in [0.29, 0.717) is 5.95 Å². The van der Waals surface area contributed by atoms with Gasteiger partial charge in [-0.2, -0.15) is 4.98 Å². The van der Waals surface area contributed by atoms with E-state index in [1.54, 1.807) is 6.20 Å². The number of nitrogen functional groups attached to an aromatic ring is 1. The van der Waals surface area contributed by atoms with Crippen LogP contribution in [-0.4, -0.2) is 31.1 Å². The number of anilines is 3. The molecule has 0 radical (unpaired) electrons.